The number of hydrogen-bond donors (Lipinski definition) is 1. The van der Waals surface area contributed by atoms with Gasteiger partial charge in [0.15, 0.2) is 0 Å². The van der Waals surface area contributed by atoms with Gasteiger partial charge in [-0.25, -0.2) is 0 Å². The molecule has 0 saturated heterocycles. The molecule has 1 aliphatic carbocycles. The summed E-state index contributed by atoms with van der Waals surface area (Å²) in [5.74, 6) is 0. The SMILES string of the molecule is N[C@H]1CCCCc2c(Cl)ccc(Cl)c21. The molecule has 76 valence electrons. The smallest absolute Gasteiger partial charge is 0.0457 e. The Labute approximate surface area is 94.2 Å². The van der Waals surface area contributed by atoms with Crippen LogP contribution in [0.2, 0.25) is 10.0 Å². The summed E-state index contributed by atoms with van der Waals surface area (Å²) in [7, 11) is 0. The van der Waals surface area contributed by atoms with Gasteiger partial charge in [-0.1, -0.05) is 29.6 Å². The van der Waals surface area contributed by atoms with Crippen molar-refractivity contribution in [2.45, 2.75) is 31.7 Å². The van der Waals surface area contributed by atoms with Crippen molar-refractivity contribution < 1.29 is 0 Å². The monoisotopic (exact) mass is 229 g/mol. The van der Waals surface area contributed by atoms with Crippen LogP contribution in [0.4, 0.5) is 0 Å². The van der Waals surface area contributed by atoms with E-state index in [9.17, 15) is 0 Å². The van der Waals surface area contributed by atoms with Crippen molar-refractivity contribution in [1.82, 2.24) is 0 Å². The normalized spacial score (nSPS) is 21.5. The molecule has 1 aliphatic rings. The van der Waals surface area contributed by atoms with Gasteiger partial charge in [-0.3, -0.25) is 0 Å². The highest BCUT2D eigenvalue weighted by atomic mass is 35.5. The third kappa shape index (κ3) is 1.77. The quantitative estimate of drug-likeness (QED) is 0.675. The molecular formula is C11H13Cl2N. The van der Waals surface area contributed by atoms with Gasteiger partial charge >= 0.3 is 0 Å². The zero-order valence-corrected chi connectivity index (χ0v) is 9.41. The maximum Gasteiger partial charge on any atom is 0.0457 e. The molecule has 0 fully saturated rings. The van der Waals surface area contributed by atoms with Crippen LogP contribution in [-0.2, 0) is 6.42 Å². The molecule has 1 nitrogen and oxygen atoms in total. The van der Waals surface area contributed by atoms with Crippen LogP contribution in [0.25, 0.3) is 0 Å². The first-order valence-electron chi connectivity index (χ1n) is 4.92. The van der Waals surface area contributed by atoms with Gasteiger partial charge in [-0.2, -0.15) is 0 Å². The van der Waals surface area contributed by atoms with E-state index in [2.05, 4.69) is 0 Å². The minimum absolute atomic E-state index is 0.0544. The van der Waals surface area contributed by atoms with Crippen molar-refractivity contribution >= 4 is 23.2 Å². The number of halogens is 2. The minimum Gasteiger partial charge on any atom is -0.324 e. The first kappa shape index (κ1) is 10.3. The van der Waals surface area contributed by atoms with Gasteiger partial charge in [0, 0.05) is 16.1 Å². The summed E-state index contributed by atoms with van der Waals surface area (Å²) in [6.07, 6.45) is 4.32. The number of nitrogens with two attached hydrogens (primary N) is 1. The van der Waals surface area contributed by atoms with Crippen molar-refractivity contribution in [1.29, 1.82) is 0 Å². The van der Waals surface area contributed by atoms with E-state index in [1.807, 2.05) is 12.1 Å². The maximum atomic E-state index is 6.14. The van der Waals surface area contributed by atoms with Crippen molar-refractivity contribution in [3.05, 3.63) is 33.3 Å². The highest BCUT2D eigenvalue weighted by Gasteiger charge is 2.19. The Morgan fingerprint density at radius 1 is 1.14 bits per heavy atom. The molecule has 0 aromatic heterocycles. The van der Waals surface area contributed by atoms with Gasteiger partial charge in [0.25, 0.3) is 0 Å². The number of fused-ring (bicyclic) bond motifs is 1. The van der Waals surface area contributed by atoms with Gasteiger partial charge in [0.05, 0.1) is 0 Å². The standard InChI is InChI=1S/C11H13Cl2N/c12-8-5-6-9(13)11-7(8)3-1-2-4-10(11)14/h5-6,10H,1-4,14H2/t10-/m0/s1. The van der Waals surface area contributed by atoms with Crippen LogP contribution in [0.5, 0.6) is 0 Å². The summed E-state index contributed by atoms with van der Waals surface area (Å²) in [5.41, 5.74) is 8.30. The lowest BCUT2D eigenvalue weighted by atomic mass is 10.00. The van der Waals surface area contributed by atoms with Crippen LogP contribution in [0.15, 0.2) is 12.1 Å². The van der Waals surface area contributed by atoms with E-state index in [1.54, 1.807) is 0 Å². The fraction of sp³-hybridized carbons (Fsp3) is 0.455. The van der Waals surface area contributed by atoms with E-state index in [4.69, 9.17) is 28.9 Å². The van der Waals surface area contributed by atoms with E-state index in [-0.39, 0.29) is 6.04 Å². The Morgan fingerprint density at radius 3 is 2.64 bits per heavy atom. The molecule has 3 heteroatoms. The summed E-state index contributed by atoms with van der Waals surface area (Å²) < 4.78 is 0. The minimum atomic E-state index is 0.0544. The highest BCUT2D eigenvalue weighted by Crippen LogP contribution is 2.36. The lowest BCUT2D eigenvalue weighted by Gasteiger charge is -2.15. The molecule has 2 rings (SSSR count). The molecule has 0 saturated carbocycles. The Bertz CT molecular complexity index is 349. The summed E-state index contributed by atoms with van der Waals surface area (Å²) >= 11 is 12.3. The first-order chi connectivity index (χ1) is 6.70. The van der Waals surface area contributed by atoms with Crippen LogP contribution < -0.4 is 5.73 Å². The Morgan fingerprint density at radius 2 is 1.86 bits per heavy atom. The van der Waals surface area contributed by atoms with Gasteiger partial charge in [-0.15, -0.1) is 0 Å². The first-order valence-corrected chi connectivity index (χ1v) is 5.68. The molecule has 14 heavy (non-hydrogen) atoms. The second kappa shape index (κ2) is 4.09. The van der Waals surface area contributed by atoms with Gasteiger partial charge in [0.1, 0.15) is 0 Å². The molecular weight excluding hydrogens is 217 g/mol. The average molecular weight is 230 g/mol. The fourth-order valence-corrected chi connectivity index (χ4v) is 2.65. The number of rotatable bonds is 0. The molecule has 0 spiro atoms. The highest BCUT2D eigenvalue weighted by molar-refractivity contribution is 6.34. The largest absolute Gasteiger partial charge is 0.324 e. The summed E-state index contributed by atoms with van der Waals surface area (Å²) in [6.45, 7) is 0. The lowest BCUT2D eigenvalue weighted by Crippen LogP contribution is -2.11. The summed E-state index contributed by atoms with van der Waals surface area (Å²) in [6, 6.07) is 3.76. The van der Waals surface area contributed by atoms with Crippen LogP contribution in [-0.4, -0.2) is 0 Å². The van der Waals surface area contributed by atoms with Gasteiger partial charge < -0.3 is 5.73 Å². The van der Waals surface area contributed by atoms with E-state index in [1.165, 1.54) is 0 Å². The Kier molecular flexibility index (Phi) is 3.01. The molecule has 0 aliphatic heterocycles. The van der Waals surface area contributed by atoms with E-state index in [0.29, 0.717) is 0 Å². The fourth-order valence-electron chi connectivity index (χ4n) is 2.07. The van der Waals surface area contributed by atoms with Crippen molar-refractivity contribution in [3.8, 4) is 0 Å². The third-order valence-electron chi connectivity index (χ3n) is 2.81. The molecule has 0 bridgehead atoms. The summed E-state index contributed by atoms with van der Waals surface area (Å²) in [5, 5.41) is 1.57. The van der Waals surface area contributed by atoms with Crippen molar-refractivity contribution in [3.63, 3.8) is 0 Å². The maximum absolute atomic E-state index is 6.14. The number of hydrogen-bond acceptors (Lipinski definition) is 1. The molecule has 0 radical (unpaired) electrons. The van der Waals surface area contributed by atoms with Gasteiger partial charge in [-0.05, 0) is 42.5 Å². The molecule has 1 atom stereocenters. The Balaban J connectivity index is 2.57. The molecule has 0 amide bonds. The Hall–Kier alpha value is -0.240. The van der Waals surface area contributed by atoms with E-state index >= 15 is 0 Å². The molecule has 0 heterocycles. The van der Waals surface area contributed by atoms with Crippen LogP contribution in [0.1, 0.15) is 36.4 Å². The predicted octanol–water partition coefficient (Wildman–Crippen LogP) is 3.72. The van der Waals surface area contributed by atoms with Crippen molar-refractivity contribution in [2.24, 2.45) is 5.73 Å². The summed E-state index contributed by atoms with van der Waals surface area (Å²) in [4.78, 5) is 0. The zero-order chi connectivity index (χ0) is 10.1. The molecule has 2 N–H and O–H groups in total. The van der Waals surface area contributed by atoms with E-state index in [0.717, 1.165) is 46.9 Å². The predicted molar refractivity (Wildman–Crippen MR) is 60.9 cm³/mol. The topological polar surface area (TPSA) is 26.0 Å². The van der Waals surface area contributed by atoms with Crippen molar-refractivity contribution in [2.75, 3.05) is 0 Å². The lowest BCUT2D eigenvalue weighted by molar-refractivity contribution is 0.615. The van der Waals surface area contributed by atoms with Gasteiger partial charge in [0.2, 0.25) is 0 Å². The molecule has 1 aromatic rings. The van der Waals surface area contributed by atoms with E-state index < -0.39 is 0 Å². The van der Waals surface area contributed by atoms with Crippen LogP contribution in [0.3, 0.4) is 0 Å². The molecule has 1 aromatic carbocycles. The van der Waals surface area contributed by atoms with Crippen LogP contribution in [0, 0.1) is 0 Å². The van der Waals surface area contributed by atoms with Crippen LogP contribution >= 0.6 is 23.2 Å². The third-order valence-corrected chi connectivity index (χ3v) is 3.49. The average Bonchev–Trinajstić information content (AvgIpc) is 2.35. The zero-order valence-electron chi connectivity index (χ0n) is 7.89. The second-order valence-electron chi connectivity index (χ2n) is 3.77. The second-order valence-corrected chi connectivity index (χ2v) is 4.59. The molecule has 0 unspecified atom stereocenters. The number of benzene rings is 1.